The van der Waals surface area contributed by atoms with E-state index in [1.165, 1.54) is 12.1 Å². The van der Waals surface area contributed by atoms with Gasteiger partial charge >= 0.3 is 0 Å². The molecule has 3 N–H and O–H groups in total. The molecule has 114 valence electrons. The molecule has 2 aromatic rings. The first kappa shape index (κ1) is 15.6. The largest absolute Gasteiger partial charge is 0.326 e. The van der Waals surface area contributed by atoms with Crippen molar-refractivity contribution in [1.29, 1.82) is 0 Å². The van der Waals surface area contributed by atoms with E-state index in [0.29, 0.717) is 5.56 Å². The summed E-state index contributed by atoms with van der Waals surface area (Å²) >= 11 is 0. The molecule has 1 aromatic heterocycles. The van der Waals surface area contributed by atoms with E-state index in [9.17, 15) is 12.8 Å². The Hall–Kier alpha value is -1.77. The minimum Gasteiger partial charge on any atom is -0.326 e. The van der Waals surface area contributed by atoms with Crippen LogP contribution in [0.4, 0.5) is 4.39 Å². The van der Waals surface area contributed by atoms with Gasteiger partial charge in [-0.3, -0.25) is 4.68 Å². The summed E-state index contributed by atoms with van der Waals surface area (Å²) in [6, 6.07) is 3.84. The predicted molar refractivity (Wildman–Crippen MR) is 76.3 cm³/mol. The molecule has 21 heavy (non-hydrogen) atoms. The Labute approximate surface area is 122 Å². The summed E-state index contributed by atoms with van der Waals surface area (Å²) in [6.07, 6.45) is 1.71. The lowest BCUT2D eigenvalue weighted by Gasteiger charge is -2.08. The summed E-state index contributed by atoms with van der Waals surface area (Å²) in [4.78, 5) is -0.388. The van der Waals surface area contributed by atoms with E-state index < -0.39 is 15.8 Å². The predicted octanol–water partition coefficient (Wildman–Crippen LogP) is 0.805. The van der Waals surface area contributed by atoms with Crippen molar-refractivity contribution in [3.05, 3.63) is 47.0 Å². The van der Waals surface area contributed by atoms with Crippen molar-refractivity contribution in [3.8, 4) is 0 Å². The van der Waals surface area contributed by atoms with Gasteiger partial charge in [-0.1, -0.05) is 6.07 Å². The highest BCUT2D eigenvalue weighted by molar-refractivity contribution is 7.89. The first-order chi connectivity index (χ1) is 9.83. The molecular weight excluding hydrogens is 295 g/mol. The number of nitrogens with two attached hydrogens (primary N) is 1. The van der Waals surface area contributed by atoms with Crippen LogP contribution in [-0.2, 0) is 30.2 Å². The van der Waals surface area contributed by atoms with Gasteiger partial charge in [0, 0.05) is 31.9 Å². The van der Waals surface area contributed by atoms with Crippen LogP contribution in [0.3, 0.4) is 0 Å². The summed E-state index contributed by atoms with van der Waals surface area (Å²) in [6.45, 7) is 1.99. The van der Waals surface area contributed by atoms with Crippen LogP contribution >= 0.6 is 0 Å². The molecule has 0 unspecified atom stereocenters. The molecule has 0 amide bonds. The van der Waals surface area contributed by atoms with Gasteiger partial charge < -0.3 is 5.73 Å². The highest BCUT2D eigenvalue weighted by Gasteiger charge is 2.19. The molecule has 6 nitrogen and oxygen atoms in total. The molecule has 2 rings (SSSR count). The molecule has 0 bridgehead atoms. The smallest absolute Gasteiger partial charge is 0.243 e. The number of halogens is 1. The molecule has 0 saturated heterocycles. The SMILES string of the molecule is Cc1nn(C)cc1CNS(=O)(=O)c1ccc(CN)cc1F. The maximum absolute atomic E-state index is 13.9. The summed E-state index contributed by atoms with van der Waals surface area (Å²) in [7, 11) is -2.18. The van der Waals surface area contributed by atoms with E-state index in [-0.39, 0.29) is 18.0 Å². The molecular formula is C13H17FN4O2S. The maximum Gasteiger partial charge on any atom is 0.243 e. The van der Waals surface area contributed by atoms with Crippen molar-refractivity contribution >= 4 is 10.0 Å². The molecule has 0 saturated carbocycles. The molecule has 1 heterocycles. The molecule has 0 spiro atoms. The Morgan fingerprint density at radius 3 is 2.67 bits per heavy atom. The number of aromatic nitrogens is 2. The van der Waals surface area contributed by atoms with Crippen LogP contribution < -0.4 is 10.5 Å². The number of nitrogens with zero attached hydrogens (tertiary/aromatic N) is 2. The van der Waals surface area contributed by atoms with E-state index in [1.807, 2.05) is 0 Å². The van der Waals surface area contributed by atoms with E-state index in [1.54, 1.807) is 24.9 Å². The van der Waals surface area contributed by atoms with Crippen LogP contribution in [0.25, 0.3) is 0 Å². The van der Waals surface area contributed by atoms with Crippen molar-refractivity contribution < 1.29 is 12.8 Å². The Morgan fingerprint density at radius 1 is 1.43 bits per heavy atom. The fourth-order valence-corrected chi connectivity index (χ4v) is 3.03. The van der Waals surface area contributed by atoms with Crippen molar-refractivity contribution in [3.63, 3.8) is 0 Å². The molecule has 0 fully saturated rings. The van der Waals surface area contributed by atoms with Crippen LogP contribution in [0.2, 0.25) is 0 Å². The lowest BCUT2D eigenvalue weighted by molar-refractivity contribution is 0.555. The van der Waals surface area contributed by atoms with Crippen LogP contribution in [0, 0.1) is 12.7 Å². The average molecular weight is 312 g/mol. The van der Waals surface area contributed by atoms with E-state index in [0.717, 1.165) is 17.3 Å². The Balaban J connectivity index is 2.20. The fraction of sp³-hybridized carbons (Fsp3) is 0.308. The second-order valence-electron chi connectivity index (χ2n) is 4.71. The third-order valence-electron chi connectivity index (χ3n) is 3.09. The van der Waals surface area contributed by atoms with Gasteiger partial charge in [0.2, 0.25) is 10.0 Å². The number of benzene rings is 1. The minimum absolute atomic E-state index is 0.0556. The highest BCUT2D eigenvalue weighted by Crippen LogP contribution is 2.16. The zero-order valence-electron chi connectivity index (χ0n) is 11.8. The van der Waals surface area contributed by atoms with Crippen molar-refractivity contribution in [2.45, 2.75) is 24.9 Å². The lowest BCUT2D eigenvalue weighted by Crippen LogP contribution is -2.24. The van der Waals surface area contributed by atoms with Crippen molar-refractivity contribution in [2.75, 3.05) is 0 Å². The van der Waals surface area contributed by atoms with E-state index in [2.05, 4.69) is 9.82 Å². The molecule has 0 aliphatic rings. The third kappa shape index (κ3) is 3.46. The van der Waals surface area contributed by atoms with Gasteiger partial charge in [0.15, 0.2) is 0 Å². The normalized spacial score (nSPS) is 11.8. The first-order valence-electron chi connectivity index (χ1n) is 6.31. The van der Waals surface area contributed by atoms with E-state index >= 15 is 0 Å². The lowest BCUT2D eigenvalue weighted by atomic mass is 10.2. The number of rotatable bonds is 5. The number of hydrogen-bond acceptors (Lipinski definition) is 4. The highest BCUT2D eigenvalue weighted by atomic mass is 32.2. The van der Waals surface area contributed by atoms with Gasteiger partial charge in [-0.15, -0.1) is 0 Å². The maximum atomic E-state index is 13.9. The van der Waals surface area contributed by atoms with Crippen LogP contribution in [-0.4, -0.2) is 18.2 Å². The number of nitrogens with one attached hydrogen (secondary N) is 1. The first-order valence-corrected chi connectivity index (χ1v) is 7.79. The Bertz CT molecular complexity index is 756. The molecule has 8 heteroatoms. The number of sulfonamides is 1. The zero-order chi connectivity index (χ0) is 15.6. The molecule has 0 atom stereocenters. The second kappa shape index (κ2) is 5.92. The molecule has 0 aliphatic heterocycles. The van der Waals surface area contributed by atoms with E-state index in [4.69, 9.17) is 5.73 Å². The van der Waals surface area contributed by atoms with Crippen molar-refractivity contribution in [1.82, 2.24) is 14.5 Å². The summed E-state index contributed by atoms with van der Waals surface area (Å²) in [5, 5.41) is 4.12. The number of hydrogen-bond donors (Lipinski definition) is 2. The van der Waals surface area contributed by atoms with Gasteiger partial charge in [-0.05, 0) is 24.6 Å². The second-order valence-corrected chi connectivity index (χ2v) is 6.44. The molecule has 1 aromatic carbocycles. The van der Waals surface area contributed by atoms with Gasteiger partial charge in [0.05, 0.1) is 5.69 Å². The molecule has 0 aliphatic carbocycles. The van der Waals surface area contributed by atoms with Gasteiger partial charge in [-0.25, -0.2) is 17.5 Å². The molecule has 0 radical (unpaired) electrons. The quantitative estimate of drug-likeness (QED) is 0.854. The van der Waals surface area contributed by atoms with Gasteiger partial charge in [0.25, 0.3) is 0 Å². The van der Waals surface area contributed by atoms with Gasteiger partial charge in [-0.2, -0.15) is 5.10 Å². The average Bonchev–Trinajstić information content (AvgIpc) is 2.74. The summed E-state index contributed by atoms with van der Waals surface area (Å²) < 4.78 is 42.1. The topological polar surface area (TPSA) is 90.0 Å². The fourth-order valence-electron chi connectivity index (χ4n) is 1.96. The summed E-state index contributed by atoms with van der Waals surface area (Å²) in [5.41, 5.74) is 7.38. The standard InChI is InChI=1S/C13H17FN4O2S/c1-9-11(8-18(2)17-9)7-16-21(19,20)13-4-3-10(6-15)5-12(13)14/h3-5,8,16H,6-7,15H2,1-2H3. The zero-order valence-corrected chi connectivity index (χ0v) is 12.6. The van der Waals surface area contributed by atoms with Crippen LogP contribution in [0.5, 0.6) is 0 Å². The van der Waals surface area contributed by atoms with Crippen LogP contribution in [0.15, 0.2) is 29.3 Å². The Kier molecular flexibility index (Phi) is 4.40. The third-order valence-corrected chi connectivity index (χ3v) is 4.52. The van der Waals surface area contributed by atoms with Crippen molar-refractivity contribution in [2.24, 2.45) is 12.8 Å². The number of aryl methyl sites for hydroxylation is 2. The van der Waals surface area contributed by atoms with Crippen LogP contribution in [0.1, 0.15) is 16.8 Å². The summed E-state index contributed by atoms with van der Waals surface area (Å²) in [5.74, 6) is -0.812. The van der Waals surface area contributed by atoms with Gasteiger partial charge in [0.1, 0.15) is 10.7 Å². The monoisotopic (exact) mass is 312 g/mol. The minimum atomic E-state index is -3.92. The Morgan fingerprint density at radius 2 is 2.14 bits per heavy atom.